The Bertz CT molecular complexity index is 829. The van der Waals surface area contributed by atoms with Crippen molar-refractivity contribution in [2.24, 2.45) is 5.92 Å². The monoisotopic (exact) mass is 413 g/mol. The zero-order valence-electron chi connectivity index (χ0n) is 17.9. The van der Waals surface area contributed by atoms with Crippen molar-refractivity contribution in [3.05, 3.63) is 29.8 Å². The third kappa shape index (κ3) is 4.30. The molecule has 2 saturated heterocycles. The molecule has 2 heterocycles. The van der Waals surface area contributed by atoms with E-state index < -0.39 is 11.1 Å². The maximum absolute atomic E-state index is 12.2. The number of carbonyl (C=O) groups is 3. The van der Waals surface area contributed by atoms with Crippen LogP contribution in [0.5, 0.6) is 0 Å². The molecule has 5 rings (SSSR count). The van der Waals surface area contributed by atoms with E-state index in [4.69, 9.17) is 4.74 Å². The Morgan fingerprint density at radius 2 is 1.67 bits per heavy atom. The largest absolute Gasteiger partial charge is 0.444 e. The van der Waals surface area contributed by atoms with E-state index in [9.17, 15) is 14.4 Å². The highest BCUT2D eigenvalue weighted by Gasteiger charge is 2.57. The van der Waals surface area contributed by atoms with Crippen LogP contribution in [0.1, 0.15) is 70.8 Å². The van der Waals surface area contributed by atoms with Gasteiger partial charge in [0.15, 0.2) is 0 Å². The molecule has 2 bridgehead atoms. The van der Waals surface area contributed by atoms with Crippen LogP contribution in [0.15, 0.2) is 24.3 Å². The van der Waals surface area contributed by atoms with Crippen LogP contribution < -0.4 is 16.0 Å². The number of carbonyl (C=O) groups excluding carboxylic acids is 3. The maximum atomic E-state index is 12.2. The van der Waals surface area contributed by atoms with Gasteiger partial charge in [-0.15, -0.1) is 0 Å². The first-order valence-electron chi connectivity index (χ1n) is 10.9. The number of fused-ring (bicyclic) bond motifs is 2. The van der Waals surface area contributed by atoms with E-state index in [0.717, 1.165) is 31.4 Å². The average Bonchev–Trinajstić information content (AvgIpc) is 2.62. The van der Waals surface area contributed by atoms with Gasteiger partial charge in [0.25, 0.3) is 5.91 Å². The summed E-state index contributed by atoms with van der Waals surface area (Å²) in [5, 5.41) is 8.78. The lowest BCUT2D eigenvalue weighted by molar-refractivity contribution is -0.148. The standard InChI is InChI=1S/C23H31N3O4/c1-22(2,3)30-21(29)24-17-8-4-14(5-9-17)15-6-10-18(11-7-15)26-23-12-16(13-23)19(27)25-20(23)28/h6-7,10-11,14,16-17,26H,4-5,8-9,12-13H2,1-3H3,(H,24,29)(H,25,27,28). The van der Waals surface area contributed by atoms with E-state index in [1.54, 1.807) is 0 Å². The summed E-state index contributed by atoms with van der Waals surface area (Å²) in [5.41, 5.74) is 1.07. The van der Waals surface area contributed by atoms with E-state index >= 15 is 0 Å². The topological polar surface area (TPSA) is 96.5 Å². The third-order valence-corrected chi connectivity index (χ3v) is 6.45. The van der Waals surface area contributed by atoms with E-state index in [-0.39, 0.29) is 29.9 Å². The van der Waals surface area contributed by atoms with Gasteiger partial charge in [0.2, 0.25) is 5.91 Å². The maximum Gasteiger partial charge on any atom is 0.407 e. The third-order valence-electron chi connectivity index (χ3n) is 6.45. The van der Waals surface area contributed by atoms with E-state index in [1.807, 2.05) is 32.9 Å². The second kappa shape index (κ2) is 7.60. The molecular formula is C23H31N3O4. The lowest BCUT2D eigenvalue weighted by Crippen LogP contribution is -2.69. The van der Waals surface area contributed by atoms with Crippen LogP contribution in [-0.2, 0) is 14.3 Å². The highest BCUT2D eigenvalue weighted by atomic mass is 16.6. The Morgan fingerprint density at radius 3 is 2.23 bits per heavy atom. The summed E-state index contributed by atoms with van der Waals surface area (Å²) in [6.07, 6.45) is 4.72. The van der Waals surface area contributed by atoms with Crippen molar-refractivity contribution < 1.29 is 19.1 Å². The molecule has 0 spiro atoms. The van der Waals surface area contributed by atoms with Crippen molar-refractivity contribution >= 4 is 23.6 Å². The number of nitrogens with one attached hydrogen (secondary N) is 3. The number of piperidine rings is 2. The molecule has 162 valence electrons. The van der Waals surface area contributed by atoms with Gasteiger partial charge in [-0.25, -0.2) is 4.79 Å². The predicted molar refractivity (Wildman–Crippen MR) is 113 cm³/mol. The van der Waals surface area contributed by atoms with Crippen LogP contribution in [-0.4, -0.2) is 35.1 Å². The molecule has 30 heavy (non-hydrogen) atoms. The van der Waals surface area contributed by atoms with Gasteiger partial charge in [-0.3, -0.25) is 14.9 Å². The Kier molecular flexibility index (Phi) is 5.24. The van der Waals surface area contributed by atoms with Crippen molar-refractivity contribution in [2.45, 2.75) is 82.4 Å². The van der Waals surface area contributed by atoms with Crippen molar-refractivity contribution in [1.82, 2.24) is 10.6 Å². The van der Waals surface area contributed by atoms with Gasteiger partial charge in [0, 0.05) is 17.6 Å². The fraction of sp³-hybridized carbons (Fsp3) is 0.609. The number of anilines is 1. The summed E-state index contributed by atoms with van der Waals surface area (Å²) < 4.78 is 5.35. The first kappa shape index (κ1) is 20.7. The smallest absolute Gasteiger partial charge is 0.407 e. The highest BCUT2D eigenvalue weighted by Crippen LogP contribution is 2.44. The Balaban J connectivity index is 1.28. The van der Waals surface area contributed by atoms with Gasteiger partial charge in [0.05, 0.1) is 0 Å². The fourth-order valence-electron chi connectivity index (χ4n) is 4.80. The van der Waals surface area contributed by atoms with Crippen LogP contribution in [0.4, 0.5) is 10.5 Å². The quantitative estimate of drug-likeness (QED) is 0.657. The minimum absolute atomic E-state index is 0.0426. The predicted octanol–water partition coefficient (Wildman–Crippen LogP) is 3.45. The molecule has 3 N–H and O–H groups in total. The zero-order chi connectivity index (χ0) is 21.5. The Hall–Kier alpha value is -2.57. The van der Waals surface area contributed by atoms with Crippen molar-refractivity contribution in [3.8, 4) is 0 Å². The second-order valence-corrected chi connectivity index (χ2v) is 9.95. The molecule has 0 unspecified atom stereocenters. The molecule has 2 aliphatic heterocycles. The fourth-order valence-corrected chi connectivity index (χ4v) is 4.80. The zero-order valence-corrected chi connectivity index (χ0v) is 17.9. The summed E-state index contributed by atoms with van der Waals surface area (Å²) in [6, 6.07) is 8.44. The van der Waals surface area contributed by atoms with Crippen LogP contribution in [0.2, 0.25) is 0 Å². The summed E-state index contributed by atoms with van der Waals surface area (Å²) in [5.74, 6) is 0.0715. The molecule has 0 aromatic heterocycles. The Morgan fingerprint density at radius 1 is 1.03 bits per heavy atom. The highest BCUT2D eigenvalue weighted by molar-refractivity contribution is 6.08. The second-order valence-electron chi connectivity index (χ2n) is 9.95. The van der Waals surface area contributed by atoms with Gasteiger partial charge < -0.3 is 15.4 Å². The van der Waals surface area contributed by atoms with Crippen LogP contribution in [0, 0.1) is 5.92 Å². The molecule has 2 saturated carbocycles. The number of alkyl carbamates (subject to hydrolysis) is 1. The molecule has 4 fully saturated rings. The SMILES string of the molecule is CC(C)(C)OC(=O)NC1CCC(c2ccc(NC34CC(C3)C(=O)NC4=O)cc2)CC1. The number of hydrogen-bond acceptors (Lipinski definition) is 5. The molecule has 0 atom stereocenters. The van der Waals surface area contributed by atoms with Gasteiger partial charge in [0.1, 0.15) is 11.1 Å². The molecule has 7 heteroatoms. The molecule has 2 aliphatic carbocycles. The van der Waals surface area contributed by atoms with E-state index in [2.05, 4.69) is 28.1 Å². The molecule has 3 amide bonds. The van der Waals surface area contributed by atoms with Crippen molar-refractivity contribution in [2.75, 3.05) is 5.32 Å². The number of ether oxygens (including phenoxy) is 1. The van der Waals surface area contributed by atoms with Gasteiger partial charge in [-0.05, 0) is 82.9 Å². The number of imide groups is 1. The van der Waals surface area contributed by atoms with Crippen molar-refractivity contribution in [1.29, 1.82) is 0 Å². The normalized spacial score (nSPS) is 30.7. The minimum atomic E-state index is -0.633. The van der Waals surface area contributed by atoms with Crippen LogP contribution in [0.25, 0.3) is 0 Å². The Labute approximate surface area is 177 Å². The molecule has 1 aromatic rings. The van der Waals surface area contributed by atoms with E-state index in [1.165, 1.54) is 5.56 Å². The first-order valence-corrected chi connectivity index (χ1v) is 10.9. The molecule has 1 aromatic carbocycles. The lowest BCUT2D eigenvalue weighted by atomic mass is 9.64. The average molecular weight is 414 g/mol. The molecule has 7 nitrogen and oxygen atoms in total. The summed E-state index contributed by atoms with van der Waals surface area (Å²) in [4.78, 5) is 35.8. The minimum Gasteiger partial charge on any atom is -0.444 e. The number of hydrogen-bond donors (Lipinski definition) is 3. The number of rotatable bonds is 4. The summed E-state index contributed by atoms with van der Waals surface area (Å²) in [7, 11) is 0. The van der Waals surface area contributed by atoms with Gasteiger partial charge >= 0.3 is 6.09 Å². The lowest BCUT2D eigenvalue weighted by Gasteiger charge is -2.50. The van der Waals surface area contributed by atoms with Crippen LogP contribution in [0.3, 0.4) is 0 Å². The van der Waals surface area contributed by atoms with Gasteiger partial charge in [-0.2, -0.15) is 0 Å². The molecular weight excluding hydrogens is 382 g/mol. The van der Waals surface area contributed by atoms with E-state index in [0.29, 0.717) is 18.8 Å². The van der Waals surface area contributed by atoms with Crippen molar-refractivity contribution in [3.63, 3.8) is 0 Å². The number of benzene rings is 1. The molecule has 0 radical (unpaired) electrons. The summed E-state index contributed by atoms with van der Waals surface area (Å²) in [6.45, 7) is 5.60. The number of amides is 3. The summed E-state index contributed by atoms with van der Waals surface area (Å²) >= 11 is 0. The first-order chi connectivity index (χ1) is 14.1. The molecule has 4 aliphatic rings. The van der Waals surface area contributed by atoms with Crippen LogP contribution >= 0.6 is 0 Å². The van der Waals surface area contributed by atoms with Gasteiger partial charge in [-0.1, -0.05) is 12.1 Å².